The van der Waals surface area contributed by atoms with Crippen LogP contribution in [0.4, 0.5) is 5.82 Å². The van der Waals surface area contributed by atoms with E-state index in [1.807, 2.05) is 17.6 Å². The second-order valence-electron chi connectivity index (χ2n) is 6.68. The highest BCUT2D eigenvalue weighted by Crippen LogP contribution is 2.20. The summed E-state index contributed by atoms with van der Waals surface area (Å²) in [4.78, 5) is 25.1. The van der Waals surface area contributed by atoms with E-state index in [1.54, 1.807) is 19.7 Å². The van der Waals surface area contributed by atoms with Crippen LogP contribution in [0.1, 0.15) is 30.9 Å². The first-order valence-corrected chi connectivity index (χ1v) is 9.29. The number of nitrogens with zero attached hydrogens (tertiary/aromatic N) is 4. The number of rotatable bonds is 8. The van der Waals surface area contributed by atoms with Crippen molar-refractivity contribution in [3.05, 3.63) is 48.0 Å². The number of amides is 1. The van der Waals surface area contributed by atoms with Crippen molar-refractivity contribution in [1.82, 2.24) is 24.8 Å². The number of nitrogens with one attached hydrogen (secondary N) is 2. The zero-order valence-corrected chi connectivity index (χ0v) is 16.1. The van der Waals surface area contributed by atoms with Crippen molar-refractivity contribution >= 4 is 22.9 Å². The van der Waals surface area contributed by atoms with Gasteiger partial charge in [-0.15, -0.1) is 0 Å². The lowest BCUT2D eigenvalue weighted by molar-refractivity contribution is -0.124. The number of anilines is 1. The quantitative estimate of drug-likeness (QED) is 0.640. The summed E-state index contributed by atoms with van der Waals surface area (Å²) in [6.07, 6.45) is 4.88. The number of aryl methyl sites for hydroxylation is 2. The molecule has 0 aliphatic carbocycles. The highest BCUT2D eigenvalue weighted by Gasteiger charge is 2.16. The third-order valence-corrected chi connectivity index (χ3v) is 4.77. The summed E-state index contributed by atoms with van der Waals surface area (Å²) in [6, 6.07) is 8.36. The predicted octanol–water partition coefficient (Wildman–Crippen LogP) is 2.91. The Balaban J connectivity index is 1.73. The van der Waals surface area contributed by atoms with E-state index in [0.717, 1.165) is 29.8 Å². The van der Waals surface area contributed by atoms with E-state index < -0.39 is 0 Å². The molecule has 0 radical (unpaired) electrons. The second kappa shape index (κ2) is 8.62. The molecule has 27 heavy (non-hydrogen) atoms. The molecule has 0 bridgehead atoms. The Morgan fingerprint density at radius 2 is 2.11 bits per heavy atom. The van der Waals surface area contributed by atoms with Crippen molar-refractivity contribution < 1.29 is 4.79 Å². The van der Waals surface area contributed by atoms with E-state index in [4.69, 9.17) is 0 Å². The van der Waals surface area contributed by atoms with Gasteiger partial charge >= 0.3 is 0 Å². The fraction of sp³-hybridized carbons (Fsp3) is 0.400. The number of carbonyl (C=O) groups excluding carboxylic acids is 1. The van der Waals surface area contributed by atoms with Crippen LogP contribution in [-0.2, 0) is 17.9 Å². The van der Waals surface area contributed by atoms with Gasteiger partial charge in [-0.1, -0.05) is 36.8 Å². The topological polar surface area (TPSA) is 84.7 Å². The summed E-state index contributed by atoms with van der Waals surface area (Å²) in [6.45, 7) is 5.48. The van der Waals surface area contributed by atoms with E-state index in [0.29, 0.717) is 13.1 Å². The van der Waals surface area contributed by atoms with Crippen LogP contribution in [0.5, 0.6) is 0 Å². The molecule has 0 aliphatic heterocycles. The lowest BCUT2D eigenvalue weighted by Crippen LogP contribution is -2.27. The van der Waals surface area contributed by atoms with Crippen molar-refractivity contribution in [3.63, 3.8) is 0 Å². The molecule has 1 atom stereocenters. The highest BCUT2D eigenvalue weighted by atomic mass is 16.1. The van der Waals surface area contributed by atoms with E-state index in [-0.39, 0.29) is 11.8 Å². The maximum atomic E-state index is 11.9. The highest BCUT2D eigenvalue weighted by molar-refractivity contribution is 5.82. The fourth-order valence-electron chi connectivity index (χ4n) is 3.20. The monoisotopic (exact) mass is 366 g/mol. The van der Waals surface area contributed by atoms with Gasteiger partial charge in [0.05, 0.1) is 6.33 Å². The molecule has 0 saturated heterocycles. The minimum atomic E-state index is -0.00629. The Morgan fingerprint density at radius 3 is 2.85 bits per heavy atom. The number of aromatic nitrogens is 4. The second-order valence-corrected chi connectivity index (χ2v) is 6.68. The van der Waals surface area contributed by atoms with Gasteiger partial charge in [-0.05, 0) is 25.3 Å². The van der Waals surface area contributed by atoms with Crippen molar-refractivity contribution in [2.24, 2.45) is 5.92 Å². The van der Waals surface area contributed by atoms with E-state index >= 15 is 0 Å². The molecule has 2 heterocycles. The van der Waals surface area contributed by atoms with Crippen molar-refractivity contribution in [2.45, 2.75) is 39.8 Å². The summed E-state index contributed by atoms with van der Waals surface area (Å²) in [5.74, 6) is 0.795. The third-order valence-electron chi connectivity index (χ3n) is 4.77. The Labute approximate surface area is 159 Å². The molecule has 142 valence electrons. The SMILES string of the molecule is CCC(CCn1cnc2c(NCc3cccc(C)c3)ncnc21)C(=O)NC. The van der Waals surface area contributed by atoms with Crippen molar-refractivity contribution in [3.8, 4) is 0 Å². The number of carbonyl (C=O) groups is 1. The normalized spacial score (nSPS) is 12.1. The van der Waals surface area contributed by atoms with Crippen LogP contribution in [0.15, 0.2) is 36.9 Å². The molecule has 3 rings (SSSR count). The lowest BCUT2D eigenvalue weighted by atomic mass is 10.0. The zero-order chi connectivity index (χ0) is 19.2. The van der Waals surface area contributed by atoms with Gasteiger partial charge in [0.2, 0.25) is 5.91 Å². The number of hydrogen-bond donors (Lipinski definition) is 2. The van der Waals surface area contributed by atoms with Gasteiger partial charge in [-0.2, -0.15) is 0 Å². The van der Waals surface area contributed by atoms with Crippen LogP contribution in [0.25, 0.3) is 11.2 Å². The Morgan fingerprint density at radius 1 is 1.26 bits per heavy atom. The maximum absolute atomic E-state index is 11.9. The summed E-state index contributed by atoms with van der Waals surface area (Å²) >= 11 is 0. The molecule has 0 spiro atoms. The van der Waals surface area contributed by atoms with Gasteiger partial charge in [0.15, 0.2) is 11.5 Å². The molecular weight excluding hydrogens is 340 g/mol. The standard InChI is InChI=1S/C20H26N6O/c1-4-16(20(27)21-3)8-9-26-13-25-17-18(23-12-24-19(17)26)22-11-15-7-5-6-14(2)10-15/h5-7,10,12-13,16H,4,8-9,11H2,1-3H3,(H,21,27)(H,22,23,24). The summed E-state index contributed by atoms with van der Waals surface area (Å²) in [5.41, 5.74) is 3.95. The molecular formula is C20H26N6O. The van der Waals surface area contributed by atoms with Gasteiger partial charge in [0.25, 0.3) is 0 Å². The minimum Gasteiger partial charge on any atom is -0.364 e. The van der Waals surface area contributed by atoms with Gasteiger partial charge < -0.3 is 15.2 Å². The largest absolute Gasteiger partial charge is 0.364 e. The Hall–Kier alpha value is -2.96. The number of hydrogen-bond acceptors (Lipinski definition) is 5. The number of imidazole rings is 1. The molecule has 7 heteroatoms. The third kappa shape index (κ3) is 4.42. The van der Waals surface area contributed by atoms with Crippen LogP contribution >= 0.6 is 0 Å². The minimum absolute atomic E-state index is 0.00629. The molecule has 0 saturated carbocycles. The van der Waals surface area contributed by atoms with Gasteiger partial charge in [0.1, 0.15) is 11.8 Å². The van der Waals surface area contributed by atoms with E-state index in [9.17, 15) is 4.79 Å². The van der Waals surface area contributed by atoms with Gasteiger partial charge in [0, 0.05) is 26.1 Å². The zero-order valence-electron chi connectivity index (χ0n) is 16.1. The van der Waals surface area contributed by atoms with E-state index in [2.05, 4.69) is 50.7 Å². The van der Waals surface area contributed by atoms with Crippen LogP contribution in [0.3, 0.4) is 0 Å². The molecule has 2 aromatic heterocycles. The van der Waals surface area contributed by atoms with Crippen LogP contribution in [0, 0.1) is 12.8 Å². The molecule has 7 nitrogen and oxygen atoms in total. The molecule has 1 aromatic carbocycles. The average Bonchev–Trinajstić information content (AvgIpc) is 3.10. The molecule has 3 aromatic rings. The molecule has 0 aliphatic rings. The van der Waals surface area contributed by atoms with E-state index in [1.165, 1.54) is 11.1 Å². The summed E-state index contributed by atoms with van der Waals surface area (Å²) in [7, 11) is 1.68. The molecule has 1 amide bonds. The van der Waals surface area contributed by atoms with Crippen LogP contribution < -0.4 is 10.6 Å². The molecule has 1 unspecified atom stereocenters. The Kier molecular flexibility index (Phi) is 6.01. The van der Waals surface area contributed by atoms with Crippen LogP contribution in [0.2, 0.25) is 0 Å². The Bertz CT molecular complexity index is 920. The first kappa shape index (κ1) is 18.8. The molecule has 2 N–H and O–H groups in total. The first-order chi connectivity index (χ1) is 13.1. The fourth-order valence-corrected chi connectivity index (χ4v) is 3.20. The van der Waals surface area contributed by atoms with Crippen molar-refractivity contribution in [1.29, 1.82) is 0 Å². The summed E-state index contributed by atoms with van der Waals surface area (Å²) < 4.78 is 1.99. The first-order valence-electron chi connectivity index (χ1n) is 9.29. The van der Waals surface area contributed by atoms with Crippen LogP contribution in [-0.4, -0.2) is 32.5 Å². The van der Waals surface area contributed by atoms with Gasteiger partial charge in [-0.25, -0.2) is 15.0 Å². The van der Waals surface area contributed by atoms with Gasteiger partial charge in [-0.3, -0.25) is 4.79 Å². The average molecular weight is 366 g/mol. The maximum Gasteiger partial charge on any atom is 0.222 e. The van der Waals surface area contributed by atoms with Crippen molar-refractivity contribution in [2.75, 3.05) is 12.4 Å². The number of fused-ring (bicyclic) bond motifs is 1. The summed E-state index contributed by atoms with van der Waals surface area (Å²) in [5, 5.41) is 6.09. The predicted molar refractivity (Wildman–Crippen MR) is 106 cm³/mol. The number of benzene rings is 1. The molecule has 0 fully saturated rings. The lowest BCUT2D eigenvalue weighted by Gasteiger charge is -2.13. The smallest absolute Gasteiger partial charge is 0.222 e.